The first kappa shape index (κ1) is 19.4. The molecule has 4 aliphatic carbocycles. The minimum absolute atomic E-state index is 0.0347. The number of allylic oxidation sites excluding steroid dienone is 1. The van der Waals surface area contributed by atoms with E-state index in [9.17, 15) is 9.90 Å². The Morgan fingerprint density at radius 3 is 2.62 bits per heavy atom. The van der Waals surface area contributed by atoms with E-state index in [2.05, 4.69) is 19.9 Å². The van der Waals surface area contributed by atoms with Gasteiger partial charge in [-0.2, -0.15) is 0 Å². The number of aliphatic hydroxyl groups excluding tert-OH is 1. The number of fused-ring (bicyclic) bond motifs is 5. The van der Waals surface area contributed by atoms with E-state index >= 15 is 0 Å². The van der Waals surface area contributed by atoms with Crippen molar-refractivity contribution < 1.29 is 14.6 Å². The van der Waals surface area contributed by atoms with E-state index in [1.54, 1.807) is 0 Å². The van der Waals surface area contributed by atoms with E-state index in [1.165, 1.54) is 18.4 Å². The summed E-state index contributed by atoms with van der Waals surface area (Å²) in [4.78, 5) is 12.7. The Hall–Kier alpha value is -1.61. The fourth-order valence-electron chi connectivity index (χ4n) is 7.56. The highest BCUT2D eigenvalue weighted by molar-refractivity contribution is 5.89. The Bertz CT molecular complexity index is 815. The highest BCUT2D eigenvalue weighted by Crippen LogP contribution is 2.65. The lowest BCUT2D eigenvalue weighted by atomic mass is 9.48. The van der Waals surface area contributed by atoms with Crippen LogP contribution in [0.3, 0.4) is 0 Å². The van der Waals surface area contributed by atoms with Gasteiger partial charge < -0.3 is 9.84 Å². The molecule has 1 aromatic carbocycles. The standard InChI is InChI=1S/C26H34O3/c1-25-14-12-19(27)16-18(25)8-9-20-21-10-11-23(26(21,2)15-13-22(20)25)29-24(28)17-6-4-3-5-7-17/h3-8,19-23,27H,9-16H2,1-2H3/t19-,20-,21-,22-,23-,25-,26-/m0/s1. The quantitative estimate of drug-likeness (QED) is 0.529. The maximum Gasteiger partial charge on any atom is 0.338 e. The number of ether oxygens (including phenoxy) is 1. The minimum Gasteiger partial charge on any atom is -0.458 e. The molecule has 0 amide bonds. The molecule has 1 N–H and O–H groups in total. The van der Waals surface area contributed by atoms with Crippen molar-refractivity contribution in [1.29, 1.82) is 0 Å². The average molecular weight is 395 g/mol. The molecule has 7 atom stereocenters. The molecule has 156 valence electrons. The molecule has 1 aromatic rings. The van der Waals surface area contributed by atoms with Gasteiger partial charge in [0, 0.05) is 5.41 Å². The second-order valence-electron chi connectivity index (χ2n) is 10.5. The largest absolute Gasteiger partial charge is 0.458 e. The first-order valence-electron chi connectivity index (χ1n) is 11.6. The van der Waals surface area contributed by atoms with Crippen molar-refractivity contribution in [2.45, 2.75) is 77.4 Å². The van der Waals surface area contributed by atoms with Gasteiger partial charge in [0.25, 0.3) is 0 Å². The molecule has 3 fully saturated rings. The molecule has 3 saturated carbocycles. The third-order valence-corrected chi connectivity index (χ3v) is 9.25. The molecule has 29 heavy (non-hydrogen) atoms. The highest BCUT2D eigenvalue weighted by Gasteiger charge is 2.59. The van der Waals surface area contributed by atoms with Crippen LogP contribution >= 0.6 is 0 Å². The number of esters is 1. The number of benzene rings is 1. The molecule has 0 aliphatic heterocycles. The fraction of sp³-hybridized carbons (Fsp3) is 0.654. The summed E-state index contributed by atoms with van der Waals surface area (Å²) in [5, 5.41) is 10.2. The van der Waals surface area contributed by atoms with Crippen LogP contribution in [0.2, 0.25) is 0 Å². The molecule has 4 aliphatic rings. The first-order chi connectivity index (χ1) is 13.9. The van der Waals surface area contributed by atoms with Crippen LogP contribution in [0.4, 0.5) is 0 Å². The Labute approximate surface area is 174 Å². The van der Waals surface area contributed by atoms with Crippen molar-refractivity contribution in [2.75, 3.05) is 0 Å². The molecule has 3 nitrogen and oxygen atoms in total. The zero-order valence-electron chi connectivity index (χ0n) is 17.8. The summed E-state index contributed by atoms with van der Waals surface area (Å²) in [6, 6.07) is 9.42. The van der Waals surface area contributed by atoms with E-state index in [1.807, 2.05) is 30.3 Å². The zero-order valence-corrected chi connectivity index (χ0v) is 17.8. The van der Waals surface area contributed by atoms with Gasteiger partial charge in [0.2, 0.25) is 0 Å². The Morgan fingerprint density at radius 1 is 1.03 bits per heavy atom. The molecule has 0 aromatic heterocycles. The van der Waals surface area contributed by atoms with Gasteiger partial charge in [-0.1, -0.05) is 43.7 Å². The first-order valence-corrected chi connectivity index (χ1v) is 11.6. The van der Waals surface area contributed by atoms with E-state index in [4.69, 9.17) is 4.74 Å². The summed E-state index contributed by atoms with van der Waals surface area (Å²) in [6.07, 6.45) is 11.0. The Balaban J connectivity index is 1.36. The number of aliphatic hydroxyl groups is 1. The van der Waals surface area contributed by atoms with Crippen LogP contribution in [0.1, 0.15) is 75.6 Å². The van der Waals surface area contributed by atoms with Gasteiger partial charge in [0.05, 0.1) is 11.7 Å². The van der Waals surface area contributed by atoms with Crippen LogP contribution in [0, 0.1) is 28.6 Å². The van der Waals surface area contributed by atoms with E-state index < -0.39 is 0 Å². The number of hydrogen-bond acceptors (Lipinski definition) is 3. The predicted octanol–water partition coefficient (Wildman–Crippen LogP) is 5.54. The van der Waals surface area contributed by atoms with Crippen LogP contribution in [-0.2, 0) is 4.74 Å². The van der Waals surface area contributed by atoms with Gasteiger partial charge in [-0.25, -0.2) is 4.79 Å². The number of carbonyl (C=O) groups excluding carboxylic acids is 1. The van der Waals surface area contributed by atoms with Crippen molar-refractivity contribution in [1.82, 2.24) is 0 Å². The van der Waals surface area contributed by atoms with Crippen LogP contribution in [0.5, 0.6) is 0 Å². The van der Waals surface area contributed by atoms with Gasteiger partial charge in [0.1, 0.15) is 6.10 Å². The molecule has 3 heteroatoms. The zero-order chi connectivity index (χ0) is 20.2. The van der Waals surface area contributed by atoms with Gasteiger partial charge in [0.15, 0.2) is 0 Å². The van der Waals surface area contributed by atoms with E-state index in [-0.39, 0.29) is 29.0 Å². The lowest BCUT2D eigenvalue weighted by Crippen LogP contribution is -2.51. The number of hydrogen-bond donors (Lipinski definition) is 1. The second-order valence-corrected chi connectivity index (χ2v) is 10.5. The van der Waals surface area contributed by atoms with Gasteiger partial charge in [-0.3, -0.25) is 0 Å². The summed E-state index contributed by atoms with van der Waals surface area (Å²) >= 11 is 0. The summed E-state index contributed by atoms with van der Waals surface area (Å²) in [5.74, 6) is 1.88. The molecule has 0 bridgehead atoms. The molecule has 0 saturated heterocycles. The molecular weight excluding hydrogens is 360 g/mol. The number of rotatable bonds is 2. The van der Waals surface area contributed by atoms with Crippen LogP contribution in [0.25, 0.3) is 0 Å². The summed E-state index contributed by atoms with van der Waals surface area (Å²) < 4.78 is 6.11. The molecular formula is C26H34O3. The third kappa shape index (κ3) is 3.00. The smallest absolute Gasteiger partial charge is 0.338 e. The maximum absolute atomic E-state index is 12.7. The topological polar surface area (TPSA) is 46.5 Å². The van der Waals surface area contributed by atoms with Crippen LogP contribution < -0.4 is 0 Å². The van der Waals surface area contributed by atoms with Crippen LogP contribution in [-0.4, -0.2) is 23.3 Å². The second kappa shape index (κ2) is 6.97. The summed E-state index contributed by atoms with van der Waals surface area (Å²) in [5.41, 5.74) is 2.54. The Morgan fingerprint density at radius 2 is 1.83 bits per heavy atom. The summed E-state index contributed by atoms with van der Waals surface area (Å²) in [7, 11) is 0. The molecule has 0 unspecified atom stereocenters. The van der Waals surface area contributed by atoms with E-state index in [0.29, 0.717) is 17.4 Å². The predicted molar refractivity (Wildman–Crippen MR) is 113 cm³/mol. The van der Waals surface area contributed by atoms with Crippen molar-refractivity contribution in [3.8, 4) is 0 Å². The molecule has 5 rings (SSSR count). The highest BCUT2D eigenvalue weighted by atomic mass is 16.5. The minimum atomic E-state index is -0.168. The average Bonchev–Trinajstić information content (AvgIpc) is 3.05. The Kier molecular flexibility index (Phi) is 4.66. The third-order valence-electron chi connectivity index (χ3n) is 9.25. The number of carbonyl (C=O) groups is 1. The van der Waals surface area contributed by atoms with Crippen molar-refractivity contribution in [3.63, 3.8) is 0 Å². The maximum atomic E-state index is 12.7. The van der Waals surface area contributed by atoms with Crippen molar-refractivity contribution in [2.24, 2.45) is 28.6 Å². The van der Waals surface area contributed by atoms with Crippen molar-refractivity contribution in [3.05, 3.63) is 47.5 Å². The lowest BCUT2D eigenvalue weighted by Gasteiger charge is -2.57. The fourth-order valence-corrected chi connectivity index (χ4v) is 7.56. The van der Waals surface area contributed by atoms with Crippen LogP contribution in [0.15, 0.2) is 42.0 Å². The van der Waals surface area contributed by atoms with Gasteiger partial charge in [-0.05, 0) is 86.7 Å². The SMILES string of the molecule is C[C@]12CC[C@H]3[C@@H](CC=C4C[C@@H](O)CC[C@@]43C)[C@@H]1CC[C@@H]2OC(=O)c1ccccc1. The summed E-state index contributed by atoms with van der Waals surface area (Å²) in [6.45, 7) is 4.85. The molecule has 0 radical (unpaired) electrons. The monoisotopic (exact) mass is 394 g/mol. The van der Waals surface area contributed by atoms with Crippen molar-refractivity contribution >= 4 is 5.97 Å². The normalized spacial score (nSPS) is 43.6. The van der Waals surface area contributed by atoms with Gasteiger partial charge in [-0.15, -0.1) is 0 Å². The molecule has 0 spiro atoms. The molecule has 0 heterocycles. The van der Waals surface area contributed by atoms with E-state index in [0.717, 1.165) is 44.4 Å². The van der Waals surface area contributed by atoms with Gasteiger partial charge >= 0.3 is 5.97 Å². The lowest BCUT2D eigenvalue weighted by molar-refractivity contribution is -0.0778.